The first kappa shape index (κ1) is 26.5. The topological polar surface area (TPSA) is 92.2 Å². The maximum absolute atomic E-state index is 13.6. The van der Waals surface area contributed by atoms with Gasteiger partial charge in [0.2, 0.25) is 11.8 Å². The predicted molar refractivity (Wildman–Crippen MR) is 139 cm³/mol. The number of aromatic nitrogens is 1. The molecule has 3 atom stereocenters. The third-order valence-electron chi connectivity index (χ3n) is 7.23. The number of likely N-dealkylation sites (N-methyl/N-ethyl adjacent to an activating group) is 1. The van der Waals surface area contributed by atoms with Gasteiger partial charge in [0.1, 0.15) is 17.4 Å². The average Bonchev–Trinajstić information content (AvgIpc) is 2.88. The zero-order valence-corrected chi connectivity index (χ0v) is 21.9. The molecule has 0 radical (unpaired) electrons. The fourth-order valence-corrected chi connectivity index (χ4v) is 4.56. The number of amides is 2. The van der Waals surface area contributed by atoms with Gasteiger partial charge in [-0.2, -0.15) is 0 Å². The summed E-state index contributed by atoms with van der Waals surface area (Å²) in [5.74, 6) is 6.96. The molecule has 1 aromatic carbocycles. The number of pyridine rings is 1. The predicted octanol–water partition coefficient (Wildman–Crippen LogP) is 2.97. The van der Waals surface area contributed by atoms with Gasteiger partial charge in [-0.25, -0.2) is 4.98 Å². The molecule has 2 aromatic rings. The van der Waals surface area contributed by atoms with Gasteiger partial charge in [0.25, 0.3) is 5.91 Å². The van der Waals surface area contributed by atoms with Crippen molar-refractivity contribution in [2.24, 2.45) is 11.8 Å². The lowest BCUT2D eigenvalue weighted by Gasteiger charge is -2.38. The number of carbonyl (C=O) groups excluding carboxylic acids is 2. The van der Waals surface area contributed by atoms with Crippen LogP contribution in [0.1, 0.15) is 54.6 Å². The molecule has 0 saturated heterocycles. The summed E-state index contributed by atoms with van der Waals surface area (Å²) in [5, 5.41) is 9.86. The van der Waals surface area contributed by atoms with E-state index in [1.807, 2.05) is 38.1 Å². The highest BCUT2D eigenvalue weighted by molar-refractivity contribution is 5.97. The molecule has 1 saturated carbocycles. The van der Waals surface area contributed by atoms with Crippen LogP contribution in [-0.2, 0) is 4.79 Å². The van der Waals surface area contributed by atoms with E-state index in [-0.39, 0.29) is 48.3 Å². The molecule has 196 valence electrons. The molecule has 1 fully saturated rings. The van der Waals surface area contributed by atoms with Crippen molar-refractivity contribution in [3.63, 3.8) is 0 Å². The van der Waals surface area contributed by atoms with E-state index in [1.54, 1.807) is 36.2 Å². The second-order valence-corrected chi connectivity index (χ2v) is 10.0. The standard InChI is InChI=1S/C29H35N3O5/c1-19-16-32(20(2)18-33)29(35)25-14-22(12-11-21-7-5-10-24(13-21)36-4)15-30-27(25)37-26(19)17-31(3)28(34)23-8-6-9-23/h5,7,10,13-15,19-20,23,26,33H,6,8-9,16-18H2,1-4H3/t19-,20-,26-/m1/s1. The Morgan fingerprint density at radius 3 is 2.73 bits per heavy atom. The zero-order chi connectivity index (χ0) is 26.5. The zero-order valence-electron chi connectivity index (χ0n) is 21.9. The Morgan fingerprint density at radius 2 is 2.05 bits per heavy atom. The van der Waals surface area contributed by atoms with Gasteiger partial charge >= 0.3 is 0 Å². The molecule has 1 N–H and O–H groups in total. The van der Waals surface area contributed by atoms with Gasteiger partial charge in [-0.15, -0.1) is 0 Å². The molecule has 2 heterocycles. The Kier molecular flexibility index (Phi) is 8.34. The number of aliphatic hydroxyl groups is 1. The molecular formula is C29H35N3O5. The van der Waals surface area contributed by atoms with Crippen LogP contribution in [0.4, 0.5) is 0 Å². The van der Waals surface area contributed by atoms with E-state index in [9.17, 15) is 14.7 Å². The Hall–Kier alpha value is -3.57. The van der Waals surface area contributed by atoms with Crippen LogP contribution in [-0.4, -0.2) is 77.7 Å². The fourth-order valence-electron chi connectivity index (χ4n) is 4.56. The third kappa shape index (κ3) is 6.05. The lowest BCUT2D eigenvalue weighted by atomic mass is 9.84. The Balaban J connectivity index is 1.64. The monoisotopic (exact) mass is 505 g/mol. The average molecular weight is 506 g/mol. The summed E-state index contributed by atoms with van der Waals surface area (Å²) in [7, 11) is 3.41. The number of hydrogen-bond acceptors (Lipinski definition) is 6. The smallest absolute Gasteiger partial charge is 0.259 e. The summed E-state index contributed by atoms with van der Waals surface area (Å²) in [6.07, 6.45) is 4.19. The number of rotatable bonds is 6. The number of carbonyl (C=O) groups is 2. The number of benzene rings is 1. The molecule has 8 nitrogen and oxygen atoms in total. The van der Waals surface area contributed by atoms with Gasteiger partial charge in [0, 0.05) is 42.8 Å². The molecular weight excluding hydrogens is 470 g/mol. The highest BCUT2D eigenvalue weighted by atomic mass is 16.5. The van der Waals surface area contributed by atoms with Gasteiger partial charge in [-0.3, -0.25) is 9.59 Å². The molecule has 1 aromatic heterocycles. The van der Waals surface area contributed by atoms with Gasteiger partial charge in [-0.05, 0) is 44.0 Å². The SMILES string of the molecule is COc1cccc(C#Cc2cnc3c(c2)C(=O)N([C@H](C)CO)C[C@@H](C)[C@@H](CN(C)C(=O)C2CCC2)O3)c1. The van der Waals surface area contributed by atoms with E-state index in [1.165, 1.54) is 0 Å². The van der Waals surface area contributed by atoms with Gasteiger partial charge in [0.15, 0.2) is 0 Å². The summed E-state index contributed by atoms with van der Waals surface area (Å²) in [6, 6.07) is 8.72. The number of aliphatic hydroxyl groups excluding tert-OH is 1. The van der Waals surface area contributed by atoms with Gasteiger partial charge in [-0.1, -0.05) is 31.3 Å². The molecule has 0 spiro atoms. The normalized spacial score (nSPS) is 20.2. The number of methoxy groups -OCH3 is 1. The van der Waals surface area contributed by atoms with Crippen LogP contribution in [0.3, 0.4) is 0 Å². The maximum atomic E-state index is 13.6. The van der Waals surface area contributed by atoms with Crippen LogP contribution in [0.2, 0.25) is 0 Å². The quantitative estimate of drug-likeness (QED) is 0.607. The minimum atomic E-state index is -0.387. The van der Waals surface area contributed by atoms with Crippen molar-refractivity contribution in [3.05, 3.63) is 53.2 Å². The first-order chi connectivity index (χ1) is 17.8. The molecule has 2 aliphatic rings. The minimum Gasteiger partial charge on any atom is -0.497 e. The van der Waals surface area contributed by atoms with Gasteiger partial charge < -0.3 is 24.4 Å². The van der Waals surface area contributed by atoms with E-state index in [0.29, 0.717) is 30.0 Å². The van der Waals surface area contributed by atoms with Crippen LogP contribution >= 0.6 is 0 Å². The van der Waals surface area contributed by atoms with E-state index >= 15 is 0 Å². The Bertz CT molecular complexity index is 1200. The van der Waals surface area contributed by atoms with Crippen LogP contribution in [0.25, 0.3) is 0 Å². The molecule has 8 heteroatoms. The van der Waals surface area contributed by atoms with Crippen LogP contribution < -0.4 is 9.47 Å². The molecule has 4 rings (SSSR count). The summed E-state index contributed by atoms with van der Waals surface area (Å²) < 4.78 is 11.6. The third-order valence-corrected chi connectivity index (χ3v) is 7.23. The Morgan fingerprint density at radius 1 is 1.30 bits per heavy atom. The van der Waals surface area contributed by atoms with Crippen molar-refractivity contribution in [2.45, 2.75) is 45.3 Å². The summed E-state index contributed by atoms with van der Waals surface area (Å²) in [5.41, 5.74) is 1.64. The van der Waals surface area contributed by atoms with E-state index in [4.69, 9.17) is 9.47 Å². The van der Waals surface area contributed by atoms with Crippen molar-refractivity contribution >= 4 is 11.8 Å². The van der Waals surface area contributed by atoms with Crippen LogP contribution in [0.5, 0.6) is 11.6 Å². The van der Waals surface area contributed by atoms with E-state index in [0.717, 1.165) is 24.8 Å². The van der Waals surface area contributed by atoms with Gasteiger partial charge in [0.05, 0.1) is 26.3 Å². The maximum Gasteiger partial charge on any atom is 0.259 e. The summed E-state index contributed by atoms with van der Waals surface area (Å²) >= 11 is 0. The van der Waals surface area contributed by atoms with Crippen molar-refractivity contribution in [1.82, 2.24) is 14.8 Å². The molecule has 37 heavy (non-hydrogen) atoms. The fraction of sp³-hybridized carbons (Fsp3) is 0.483. The summed E-state index contributed by atoms with van der Waals surface area (Å²) in [4.78, 5) is 34.2. The number of nitrogens with zero attached hydrogens (tertiary/aromatic N) is 3. The minimum absolute atomic E-state index is 0.0860. The van der Waals surface area contributed by atoms with E-state index in [2.05, 4.69) is 16.8 Å². The molecule has 2 amide bonds. The number of ether oxygens (including phenoxy) is 2. The Labute approximate surface area is 218 Å². The summed E-state index contributed by atoms with van der Waals surface area (Å²) in [6.45, 7) is 4.42. The number of hydrogen-bond donors (Lipinski definition) is 1. The molecule has 1 aliphatic heterocycles. The van der Waals surface area contributed by atoms with Crippen molar-refractivity contribution < 1.29 is 24.2 Å². The first-order valence-electron chi connectivity index (χ1n) is 12.8. The lowest BCUT2D eigenvalue weighted by Crippen LogP contribution is -2.51. The van der Waals surface area contributed by atoms with Crippen molar-refractivity contribution in [2.75, 3.05) is 33.9 Å². The molecule has 0 bridgehead atoms. The second-order valence-electron chi connectivity index (χ2n) is 10.0. The van der Waals surface area contributed by atoms with Crippen molar-refractivity contribution in [3.8, 4) is 23.5 Å². The largest absolute Gasteiger partial charge is 0.497 e. The highest BCUT2D eigenvalue weighted by Crippen LogP contribution is 2.30. The number of fused-ring (bicyclic) bond motifs is 1. The molecule has 1 aliphatic carbocycles. The first-order valence-corrected chi connectivity index (χ1v) is 12.8. The highest BCUT2D eigenvalue weighted by Gasteiger charge is 2.36. The lowest BCUT2D eigenvalue weighted by molar-refractivity contribution is -0.138. The van der Waals surface area contributed by atoms with Crippen molar-refractivity contribution in [1.29, 1.82) is 0 Å². The molecule has 0 unspecified atom stereocenters. The second kappa shape index (κ2) is 11.7. The van der Waals surface area contributed by atoms with Crippen LogP contribution in [0.15, 0.2) is 36.5 Å². The van der Waals surface area contributed by atoms with Crippen LogP contribution in [0, 0.1) is 23.7 Å². The van der Waals surface area contributed by atoms with E-state index < -0.39 is 0 Å².